The number of likely N-dealkylation sites (N-methyl/N-ethyl adjacent to an activating group) is 1. The number of halogens is 1. The van der Waals surface area contributed by atoms with Gasteiger partial charge in [-0.05, 0) is 56.1 Å². The van der Waals surface area contributed by atoms with Crippen molar-refractivity contribution in [3.05, 3.63) is 101 Å². The summed E-state index contributed by atoms with van der Waals surface area (Å²) in [5.41, 5.74) is 4.33. The predicted octanol–water partition coefficient (Wildman–Crippen LogP) is 6.16. The number of nitrogens with zero attached hydrogens (tertiary/aromatic N) is 3. The number of fused-ring (bicyclic) bond motifs is 1. The first-order chi connectivity index (χ1) is 15.6. The van der Waals surface area contributed by atoms with Gasteiger partial charge in [0.2, 0.25) is 5.88 Å². The van der Waals surface area contributed by atoms with E-state index in [1.54, 1.807) is 7.11 Å². The smallest absolute Gasteiger partial charge is 0.219 e. The highest BCUT2D eigenvalue weighted by Crippen LogP contribution is 2.38. The number of anilines is 1. The van der Waals surface area contributed by atoms with Gasteiger partial charge in [-0.3, -0.25) is 0 Å². The van der Waals surface area contributed by atoms with Gasteiger partial charge in [-0.15, -0.1) is 0 Å². The summed E-state index contributed by atoms with van der Waals surface area (Å²) < 4.78 is 6.87. The minimum absolute atomic E-state index is 0.0515. The van der Waals surface area contributed by atoms with Crippen LogP contribution in [0, 0.1) is 0 Å². The summed E-state index contributed by atoms with van der Waals surface area (Å²) in [6, 6.07) is 29.5. The molecule has 0 fully saturated rings. The molecule has 0 bridgehead atoms. The Kier molecular flexibility index (Phi) is 7.08. The maximum atomic E-state index is 5.84. The first-order valence-corrected chi connectivity index (χ1v) is 11.5. The summed E-state index contributed by atoms with van der Waals surface area (Å²) in [4.78, 5) is 9.53. The van der Waals surface area contributed by atoms with Gasteiger partial charge in [-0.2, -0.15) is 0 Å². The highest BCUT2D eigenvalue weighted by molar-refractivity contribution is 9.10. The summed E-state index contributed by atoms with van der Waals surface area (Å²) in [6.07, 6.45) is 0. The van der Waals surface area contributed by atoms with Gasteiger partial charge in [-0.1, -0.05) is 64.5 Å². The molecule has 1 heterocycles. The van der Waals surface area contributed by atoms with Crippen molar-refractivity contribution in [2.75, 3.05) is 39.2 Å². The molecule has 0 radical (unpaired) electrons. The second-order valence-electron chi connectivity index (χ2n) is 8.07. The lowest BCUT2D eigenvalue weighted by molar-refractivity contribution is 0.387. The molecule has 0 aliphatic heterocycles. The number of methoxy groups -OCH3 is 1. The molecule has 0 amide bonds. The standard InChI is InChI=1S/C27H28BrN3O/c1-30(2)16-17-31(23-12-8-5-9-13-23)26(20-10-6-4-7-11-20)24-19-21-18-22(28)14-15-25(21)29-27(24)32-3/h4-15,18-19,26H,16-17H2,1-3H3. The number of ether oxygens (including phenoxy) is 1. The average Bonchev–Trinajstić information content (AvgIpc) is 2.82. The fourth-order valence-electron chi connectivity index (χ4n) is 4.00. The van der Waals surface area contributed by atoms with Crippen molar-refractivity contribution in [1.82, 2.24) is 9.88 Å². The molecule has 5 heteroatoms. The van der Waals surface area contributed by atoms with Crippen LogP contribution in [0.2, 0.25) is 0 Å². The summed E-state index contributed by atoms with van der Waals surface area (Å²) in [5, 5.41) is 1.08. The molecule has 4 nitrogen and oxygen atoms in total. The second-order valence-corrected chi connectivity index (χ2v) is 8.99. The van der Waals surface area contributed by atoms with Crippen molar-refractivity contribution < 1.29 is 4.74 Å². The molecule has 3 aromatic carbocycles. The van der Waals surface area contributed by atoms with Crippen LogP contribution in [-0.2, 0) is 0 Å². The molecule has 4 rings (SSSR count). The summed E-state index contributed by atoms with van der Waals surface area (Å²) in [6.45, 7) is 1.78. The van der Waals surface area contributed by atoms with Crippen molar-refractivity contribution in [3.8, 4) is 5.88 Å². The van der Waals surface area contributed by atoms with Crippen LogP contribution in [0.25, 0.3) is 10.9 Å². The molecule has 0 N–H and O–H groups in total. The number of pyridine rings is 1. The molecule has 0 aliphatic rings. The van der Waals surface area contributed by atoms with Crippen LogP contribution in [0.3, 0.4) is 0 Å². The summed E-state index contributed by atoms with van der Waals surface area (Å²) in [7, 11) is 5.91. The van der Waals surface area contributed by atoms with Crippen molar-refractivity contribution in [2.45, 2.75) is 6.04 Å². The number of para-hydroxylation sites is 1. The van der Waals surface area contributed by atoms with E-state index < -0.39 is 0 Å². The summed E-state index contributed by atoms with van der Waals surface area (Å²) in [5.74, 6) is 0.652. The number of hydrogen-bond donors (Lipinski definition) is 0. The van der Waals surface area contributed by atoms with Gasteiger partial charge >= 0.3 is 0 Å². The van der Waals surface area contributed by atoms with E-state index in [-0.39, 0.29) is 6.04 Å². The van der Waals surface area contributed by atoms with Crippen molar-refractivity contribution >= 4 is 32.5 Å². The Hall–Kier alpha value is -2.89. The predicted molar refractivity (Wildman–Crippen MR) is 137 cm³/mol. The lowest BCUT2D eigenvalue weighted by Crippen LogP contribution is -2.36. The SMILES string of the molecule is COc1nc2ccc(Br)cc2cc1C(c1ccccc1)N(CCN(C)C)c1ccccc1. The van der Waals surface area contributed by atoms with Gasteiger partial charge in [-0.25, -0.2) is 4.98 Å². The lowest BCUT2D eigenvalue weighted by Gasteiger charge is -2.36. The zero-order valence-corrected chi connectivity index (χ0v) is 20.3. The molecular formula is C27H28BrN3O. The van der Waals surface area contributed by atoms with Crippen molar-refractivity contribution in [3.63, 3.8) is 0 Å². The third kappa shape index (κ3) is 4.95. The zero-order chi connectivity index (χ0) is 22.5. The Morgan fingerprint density at radius 3 is 2.22 bits per heavy atom. The first-order valence-electron chi connectivity index (χ1n) is 10.7. The van der Waals surface area contributed by atoms with E-state index in [0.717, 1.165) is 34.0 Å². The molecule has 0 aliphatic carbocycles. The Labute approximate surface area is 198 Å². The lowest BCUT2D eigenvalue weighted by atomic mass is 9.95. The van der Waals surface area contributed by atoms with Crippen LogP contribution in [0.1, 0.15) is 17.2 Å². The molecule has 0 saturated heterocycles. The molecule has 4 aromatic rings. The van der Waals surface area contributed by atoms with Crippen molar-refractivity contribution in [1.29, 1.82) is 0 Å². The Balaban J connectivity index is 1.94. The zero-order valence-electron chi connectivity index (χ0n) is 18.7. The third-order valence-corrected chi connectivity index (χ3v) is 6.05. The summed E-state index contributed by atoms with van der Waals surface area (Å²) >= 11 is 3.61. The molecule has 0 spiro atoms. The van der Waals surface area contributed by atoms with E-state index in [9.17, 15) is 0 Å². The van der Waals surface area contributed by atoms with Gasteiger partial charge in [0, 0.05) is 34.2 Å². The van der Waals surface area contributed by atoms with E-state index in [1.807, 2.05) is 12.1 Å². The highest BCUT2D eigenvalue weighted by Gasteiger charge is 2.27. The van der Waals surface area contributed by atoms with Gasteiger partial charge in [0.1, 0.15) is 0 Å². The third-order valence-electron chi connectivity index (χ3n) is 5.56. The molecule has 0 saturated carbocycles. The quantitative estimate of drug-likeness (QED) is 0.296. The molecule has 1 unspecified atom stereocenters. The molecule has 1 atom stereocenters. The first kappa shape index (κ1) is 22.3. The van der Waals surface area contributed by atoms with Crippen LogP contribution in [0.15, 0.2) is 89.4 Å². The van der Waals surface area contributed by atoms with E-state index >= 15 is 0 Å². The number of rotatable bonds is 8. The molecular weight excluding hydrogens is 462 g/mol. The van der Waals surface area contributed by atoms with E-state index in [4.69, 9.17) is 9.72 Å². The molecule has 32 heavy (non-hydrogen) atoms. The molecule has 164 valence electrons. The number of benzene rings is 3. The van der Waals surface area contributed by atoms with Crippen LogP contribution >= 0.6 is 15.9 Å². The van der Waals surface area contributed by atoms with E-state index in [2.05, 4.69) is 113 Å². The number of hydrogen-bond acceptors (Lipinski definition) is 4. The fraction of sp³-hybridized carbons (Fsp3) is 0.222. The minimum Gasteiger partial charge on any atom is -0.481 e. The minimum atomic E-state index is -0.0515. The Morgan fingerprint density at radius 2 is 1.56 bits per heavy atom. The normalized spacial score (nSPS) is 12.2. The maximum Gasteiger partial charge on any atom is 0.219 e. The Bertz CT molecular complexity index is 1170. The molecule has 1 aromatic heterocycles. The van der Waals surface area contributed by atoms with Gasteiger partial charge in [0.25, 0.3) is 0 Å². The van der Waals surface area contributed by atoms with Gasteiger partial charge < -0.3 is 14.5 Å². The van der Waals surface area contributed by atoms with Crippen molar-refractivity contribution in [2.24, 2.45) is 0 Å². The van der Waals surface area contributed by atoms with Crippen LogP contribution < -0.4 is 9.64 Å². The van der Waals surface area contributed by atoms with Crippen LogP contribution in [0.5, 0.6) is 5.88 Å². The van der Waals surface area contributed by atoms with Gasteiger partial charge in [0.05, 0.1) is 18.7 Å². The van der Waals surface area contributed by atoms with E-state index in [0.29, 0.717) is 5.88 Å². The van der Waals surface area contributed by atoms with Gasteiger partial charge in [0.15, 0.2) is 0 Å². The highest BCUT2D eigenvalue weighted by atomic mass is 79.9. The topological polar surface area (TPSA) is 28.6 Å². The Morgan fingerprint density at radius 1 is 0.875 bits per heavy atom. The van der Waals surface area contributed by atoms with Crippen LogP contribution in [0.4, 0.5) is 5.69 Å². The van der Waals surface area contributed by atoms with E-state index in [1.165, 1.54) is 11.3 Å². The average molecular weight is 490 g/mol. The maximum absolute atomic E-state index is 5.84. The fourth-order valence-corrected chi connectivity index (χ4v) is 4.38. The monoisotopic (exact) mass is 489 g/mol. The van der Waals surface area contributed by atoms with Crippen LogP contribution in [-0.4, -0.2) is 44.2 Å². The largest absolute Gasteiger partial charge is 0.481 e. The number of aromatic nitrogens is 1. The second kappa shape index (κ2) is 10.2.